The van der Waals surface area contributed by atoms with E-state index in [1.165, 1.54) is 12.8 Å². The van der Waals surface area contributed by atoms with E-state index in [-0.39, 0.29) is 0 Å². The van der Waals surface area contributed by atoms with E-state index >= 15 is 0 Å². The van der Waals surface area contributed by atoms with Crippen LogP contribution >= 0.6 is 15.9 Å². The lowest BCUT2D eigenvalue weighted by Crippen LogP contribution is -2.52. The first-order chi connectivity index (χ1) is 9.24. The molecular weight excluding hydrogens is 306 g/mol. The zero-order chi connectivity index (χ0) is 13.7. The van der Waals surface area contributed by atoms with Gasteiger partial charge >= 0.3 is 0 Å². The average molecular weight is 328 g/mol. The van der Waals surface area contributed by atoms with Gasteiger partial charge in [-0.3, -0.25) is 4.90 Å². The molecule has 1 atom stereocenters. The van der Waals surface area contributed by atoms with Crippen LogP contribution in [-0.4, -0.2) is 53.6 Å². The van der Waals surface area contributed by atoms with Gasteiger partial charge in [-0.2, -0.15) is 0 Å². The number of hydrogen-bond donors (Lipinski definition) is 1. The highest BCUT2D eigenvalue weighted by molar-refractivity contribution is 9.10. The zero-order valence-corrected chi connectivity index (χ0v) is 13.0. The Morgan fingerprint density at radius 2 is 1.89 bits per heavy atom. The molecule has 2 rings (SSSR count). The van der Waals surface area contributed by atoms with Gasteiger partial charge in [0, 0.05) is 51.2 Å². The summed E-state index contributed by atoms with van der Waals surface area (Å²) >= 11 is 3.36. The van der Waals surface area contributed by atoms with Crippen molar-refractivity contribution in [1.29, 1.82) is 0 Å². The topological polar surface area (TPSA) is 58.3 Å². The first kappa shape index (κ1) is 14.7. The molecule has 0 amide bonds. The Hall–Kier alpha value is -0.720. The fraction of sp³-hybridized carbons (Fsp3) is 0.692. The highest BCUT2D eigenvalue weighted by atomic mass is 79.9. The van der Waals surface area contributed by atoms with Crippen molar-refractivity contribution in [3.8, 4) is 0 Å². The van der Waals surface area contributed by atoms with Crippen molar-refractivity contribution in [2.24, 2.45) is 5.73 Å². The van der Waals surface area contributed by atoms with Crippen molar-refractivity contribution in [2.45, 2.75) is 25.8 Å². The predicted octanol–water partition coefficient (Wildman–Crippen LogP) is 1.49. The second-order valence-corrected chi connectivity index (χ2v) is 5.82. The third kappa shape index (κ3) is 3.87. The van der Waals surface area contributed by atoms with Gasteiger partial charge in [-0.15, -0.1) is 0 Å². The van der Waals surface area contributed by atoms with Crippen molar-refractivity contribution in [3.05, 3.63) is 16.9 Å². The van der Waals surface area contributed by atoms with Crippen LogP contribution in [0.15, 0.2) is 16.9 Å². The number of aromatic nitrogens is 2. The molecule has 0 radical (unpaired) electrons. The molecule has 1 aliphatic rings. The third-order valence-corrected chi connectivity index (χ3v) is 4.02. The van der Waals surface area contributed by atoms with Crippen LogP contribution < -0.4 is 10.6 Å². The smallest absolute Gasteiger partial charge is 0.225 e. The van der Waals surface area contributed by atoms with Gasteiger partial charge < -0.3 is 10.6 Å². The Labute approximate surface area is 123 Å². The van der Waals surface area contributed by atoms with Crippen LogP contribution in [0.3, 0.4) is 0 Å². The number of nitrogens with zero attached hydrogens (tertiary/aromatic N) is 4. The van der Waals surface area contributed by atoms with Gasteiger partial charge in [0.15, 0.2) is 0 Å². The molecule has 0 aliphatic carbocycles. The lowest BCUT2D eigenvalue weighted by atomic mass is 10.1. The van der Waals surface area contributed by atoms with Crippen molar-refractivity contribution in [2.75, 3.05) is 37.6 Å². The molecule has 1 fully saturated rings. The predicted molar refractivity (Wildman–Crippen MR) is 81.3 cm³/mol. The summed E-state index contributed by atoms with van der Waals surface area (Å²) < 4.78 is 0.918. The van der Waals surface area contributed by atoms with Crippen molar-refractivity contribution >= 4 is 21.9 Å². The van der Waals surface area contributed by atoms with Crippen LogP contribution in [0.5, 0.6) is 0 Å². The molecule has 2 N–H and O–H groups in total. The Bertz CT molecular complexity index is 375. The van der Waals surface area contributed by atoms with Gasteiger partial charge in [0.1, 0.15) is 0 Å². The number of anilines is 1. The molecule has 0 saturated carbocycles. The molecule has 0 aromatic carbocycles. The highest BCUT2D eigenvalue weighted by Gasteiger charge is 2.23. The molecule has 19 heavy (non-hydrogen) atoms. The average Bonchev–Trinajstić information content (AvgIpc) is 2.46. The number of hydrogen-bond acceptors (Lipinski definition) is 5. The fourth-order valence-electron chi connectivity index (χ4n) is 2.54. The monoisotopic (exact) mass is 327 g/mol. The number of nitrogens with two attached hydrogens (primary N) is 1. The van der Waals surface area contributed by atoms with E-state index in [0.717, 1.165) is 43.1 Å². The Balaban J connectivity index is 1.89. The largest absolute Gasteiger partial charge is 0.338 e. The second kappa shape index (κ2) is 7.17. The van der Waals surface area contributed by atoms with E-state index in [4.69, 9.17) is 5.73 Å². The first-order valence-electron chi connectivity index (χ1n) is 6.91. The summed E-state index contributed by atoms with van der Waals surface area (Å²) in [6.45, 7) is 7.00. The number of halogens is 1. The summed E-state index contributed by atoms with van der Waals surface area (Å²) in [6.07, 6.45) is 5.98. The van der Waals surface area contributed by atoms with Crippen molar-refractivity contribution in [3.63, 3.8) is 0 Å². The lowest BCUT2D eigenvalue weighted by molar-refractivity contribution is 0.179. The quantitative estimate of drug-likeness (QED) is 0.887. The second-order valence-electron chi connectivity index (χ2n) is 4.90. The van der Waals surface area contributed by atoms with E-state index in [0.29, 0.717) is 6.04 Å². The maximum atomic E-state index is 5.87. The van der Waals surface area contributed by atoms with Crippen LogP contribution in [0, 0.1) is 0 Å². The summed E-state index contributed by atoms with van der Waals surface area (Å²) in [5, 5.41) is 0. The standard InChI is InChI=1S/C13H22BrN5/c1-2-3-12(8-15)18-4-6-19(7-5-18)13-16-9-11(14)10-17-13/h9-10,12H,2-8,15H2,1H3. The molecule has 6 heteroatoms. The Morgan fingerprint density at radius 1 is 1.26 bits per heavy atom. The maximum absolute atomic E-state index is 5.87. The molecule has 1 unspecified atom stereocenters. The van der Waals surface area contributed by atoms with E-state index in [1.807, 2.05) is 0 Å². The molecule has 1 aliphatic heterocycles. The molecule has 1 aromatic heterocycles. The summed E-state index contributed by atoms with van der Waals surface area (Å²) in [6, 6.07) is 0.526. The van der Waals surface area contributed by atoms with Gasteiger partial charge in [0.25, 0.3) is 0 Å². The van der Waals surface area contributed by atoms with Crippen LogP contribution in [0.4, 0.5) is 5.95 Å². The molecule has 0 bridgehead atoms. The molecule has 0 spiro atoms. The summed E-state index contributed by atoms with van der Waals surface area (Å²) in [7, 11) is 0. The molecule has 5 nitrogen and oxygen atoms in total. The van der Waals surface area contributed by atoms with Crippen molar-refractivity contribution in [1.82, 2.24) is 14.9 Å². The third-order valence-electron chi connectivity index (χ3n) is 3.61. The van der Waals surface area contributed by atoms with Gasteiger partial charge in [0.2, 0.25) is 5.95 Å². The minimum atomic E-state index is 0.526. The fourth-order valence-corrected chi connectivity index (χ4v) is 2.74. The maximum Gasteiger partial charge on any atom is 0.225 e. The Kier molecular flexibility index (Phi) is 5.54. The van der Waals surface area contributed by atoms with Crippen molar-refractivity contribution < 1.29 is 0 Å². The van der Waals surface area contributed by atoms with Gasteiger partial charge in [-0.05, 0) is 22.4 Å². The molecule has 1 saturated heterocycles. The minimum absolute atomic E-state index is 0.526. The minimum Gasteiger partial charge on any atom is -0.338 e. The number of piperazine rings is 1. The highest BCUT2D eigenvalue weighted by Crippen LogP contribution is 2.15. The van der Waals surface area contributed by atoms with Crippen LogP contribution in [0.1, 0.15) is 19.8 Å². The summed E-state index contributed by atoms with van der Waals surface area (Å²) in [4.78, 5) is 13.4. The van der Waals surface area contributed by atoms with E-state index in [1.54, 1.807) is 12.4 Å². The SMILES string of the molecule is CCCC(CN)N1CCN(c2ncc(Br)cn2)CC1. The molecular formula is C13H22BrN5. The summed E-state index contributed by atoms with van der Waals surface area (Å²) in [5.74, 6) is 0.822. The van der Waals surface area contributed by atoms with Gasteiger partial charge in [-0.25, -0.2) is 9.97 Å². The first-order valence-corrected chi connectivity index (χ1v) is 7.70. The normalized spacial score (nSPS) is 18.6. The zero-order valence-electron chi connectivity index (χ0n) is 11.4. The summed E-state index contributed by atoms with van der Waals surface area (Å²) in [5.41, 5.74) is 5.87. The Morgan fingerprint density at radius 3 is 2.42 bits per heavy atom. The van der Waals surface area contributed by atoms with Crippen LogP contribution in [0.2, 0.25) is 0 Å². The molecule has 1 aromatic rings. The van der Waals surface area contributed by atoms with E-state index in [2.05, 4.69) is 42.6 Å². The van der Waals surface area contributed by atoms with E-state index in [9.17, 15) is 0 Å². The van der Waals surface area contributed by atoms with Gasteiger partial charge in [-0.1, -0.05) is 13.3 Å². The molecule has 106 valence electrons. The van der Waals surface area contributed by atoms with Gasteiger partial charge in [0.05, 0.1) is 4.47 Å². The molecule has 2 heterocycles. The van der Waals surface area contributed by atoms with E-state index < -0.39 is 0 Å². The van der Waals surface area contributed by atoms with Crippen LogP contribution in [0.25, 0.3) is 0 Å². The number of rotatable bonds is 5. The lowest BCUT2D eigenvalue weighted by Gasteiger charge is -2.38. The van der Waals surface area contributed by atoms with Crippen LogP contribution in [-0.2, 0) is 0 Å².